The number of urea groups is 1. The van der Waals surface area contributed by atoms with Crippen LogP contribution in [0, 0.1) is 0 Å². The summed E-state index contributed by atoms with van der Waals surface area (Å²) in [6.07, 6.45) is 2.50. The number of hydrogen-bond donors (Lipinski definition) is 2. The van der Waals surface area contributed by atoms with Crippen molar-refractivity contribution >= 4 is 29.6 Å². The van der Waals surface area contributed by atoms with Crippen LogP contribution in [-0.2, 0) is 16.1 Å². The molecule has 1 aromatic rings. The molecule has 2 N–H and O–H groups in total. The Labute approximate surface area is 145 Å². The lowest BCUT2D eigenvalue weighted by molar-refractivity contribution is -0.132. The Kier molecular flexibility index (Phi) is 6.48. The topological polar surface area (TPSA) is 87.7 Å². The monoisotopic (exact) mass is 351 g/mol. The number of carbonyl (C=O) groups excluding carboxylic acids is 3. The summed E-state index contributed by atoms with van der Waals surface area (Å²) < 4.78 is 5.07. The van der Waals surface area contributed by atoms with Gasteiger partial charge >= 0.3 is 6.03 Å². The molecule has 4 amide bonds. The van der Waals surface area contributed by atoms with Gasteiger partial charge in [-0.25, -0.2) is 4.79 Å². The second-order valence-corrected chi connectivity index (χ2v) is 6.32. The van der Waals surface area contributed by atoms with Gasteiger partial charge in [-0.15, -0.1) is 0 Å². The number of ether oxygens (including phenoxy) is 1. The van der Waals surface area contributed by atoms with E-state index in [1.165, 1.54) is 0 Å². The van der Waals surface area contributed by atoms with Gasteiger partial charge in [-0.1, -0.05) is 12.1 Å². The number of thioether (sulfide) groups is 1. The SMILES string of the molecule is COc1ccc(CNC(=O)CN2C(=O)N[C@H](CCSC)C2=O)cc1. The van der Waals surface area contributed by atoms with Gasteiger partial charge in [-0.05, 0) is 36.1 Å². The Hall–Kier alpha value is -2.22. The first-order valence-corrected chi connectivity index (χ1v) is 8.95. The van der Waals surface area contributed by atoms with Gasteiger partial charge in [0.25, 0.3) is 5.91 Å². The summed E-state index contributed by atoms with van der Waals surface area (Å²) in [5.74, 6) is 0.794. The maximum atomic E-state index is 12.1. The minimum atomic E-state index is -0.528. The summed E-state index contributed by atoms with van der Waals surface area (Å²) in [7, 11) is 1.58. The number of amides is 4. The molecule has 7 nitrogen and oxygen atoms in total. The van der Waals surface area contributed by atoms with Crippen LogP contribution in [0.25, 0.3) is 0 Å². The molecule has 1 aromatic carbocycles. The van der Waals surface area contributed by atoms with Gasteiger partial charge in [0.05, 0.1) is 7.11 Å². The minimum absolute atomic E-state index is 0.267. The van der Waals surface area contributed by atoms with Crippen molar-refractivity contribution in [2.45, 2.75) is 19.0 Å². The molecule has 1 saturated heterocycles. The predicted molar refractivity (Wildman–Crippen MR) is 91.9 cm³/mol. The molecule has 1 fully saturated rings. The Morgan fingerprint density at radius 1 is 1.33 bits per heavy atom. The summed E-state index contributed by atoms with van der Waals surface area (Å²) in [5.41, 5.74) is 0.902. The van der Waals surface area contributed by atoms with Crippen LogP contribution >= 0.6 is 11.8 Å². The third-order valence-corrected chi connectivity index (χ3v) is 4.31. The van der Waals surface area contributed by atoms with Crippen LogP contribution in [-0.4, -0.2) is 54.5 Å². The van der Waals surface area contributed by atoms with E-state index in [9.17, 15) is 14.4 Å². The third kappa shape index (κ3) is 4.64. The van der Waals surface area contributed by atoms with Crippen LogP contribution in [0.1, 0.15) is 12.0 Å². The summed E-state index contributed by atoms with van der Waals surface area (Å²) in [6.45, 7) is 0.0545. The molecule has 1 heterocycles. The smallest absolute Gasteiger partial charge is 0.325 e. The van der Waals surface area contributed by atoms with Crippen molar-refractivity contribution in [3.05, 3.63) is 29.8 Å². The van der Waals surface area contributed by atoms with Crippen LogP contribution in [0.5, 0.6) is 5.75 Å². The lowest BCUT2D eigenvalue weighted by Gasteiger charge is -2.13. The summed E-state index contributed by atoms with van der Waals surface area (Å²) >= 11 is 1.60. The van der Waals surface area contributed by atoms with Crippen molar-refractivity contribution in [1.29, 1.82) is 0 Å². The van der Waals surface area contributed by atoms with Crippen molar-refractivity contribution in [3.63, 3.8) is 0 Å². The molecule has 0 aromatic heterocycles. The largest absolute Gasteiger partial charge is 0.497 e. The molecule has 8 heteroatoms. The number of imide groups is 1. The fourth-order valence-electron chi connectivity index (χ4n) is 2.30. The second-order valence-electron chi connectivity index (χ2n) is 5.33. The number of benzene rings is 1. The maximum absolute atomic E-state index is 12.1. The van der Waals surface area contributed by atoms with E-state index < -0.39 is 12.1 Å². The number of nitrogens with zero attached hydrogens (tertiary/aromatic N) is 1. The van der Waals surface area contributed by atoms with Gasteiger partial charge in [-0.3, -0.25) is 14.5 Å². The van der Waals surface area contributed by atoms with E-state index >= 15 is 0 Å². The first-order valence-electron chi connectivity index (χ1n) is 7.55. The first kappa shape index (κ1) is 18.1. The fourth-order valence-corrected chi connectivity index (χ4v) is 2.77. The molecule has 1 aliphatic rings. The molecule has 24 heavy (non-hydrogen) atoms. The van der Waals surface area contributed by atoms with Crippen LogP contribution in [0.2, 0.25) is 0 Å². The molecular formula is C16H21N3O4S. The maximum Gasteiger partial charge on any atom is 0.325 e. The highest BCUT2D eigenvalue weighted by Gasteiger charge is 2.38. The van der Waals surface area contributed by atoms with E-state index in [0.717, 1.165) is 22.0 Å². The Morgan fingerprint density at radius 2 is 2.04 bits per heavy atom. The Bertz CT molecular complexity index is 606. The first-order chi connectivity index (χ1) is 11.5. The number of methoxy groups -OCH3 is 1. The van der Waals surface area contributed by atoms with E-state index in [1.54, 1.807) is 31.0 Å². The van der Waals surface area contributed by atoms with E-state index in [0.29, 0.717) is 13.0 Å². The molecule has 0 unspecified atom stereocenters. The molecule has 0 aliphatic carbocycles. The molecule has 0 spiro atoms. The lowest BCUT2D eigenvalue weighted by Crippen LogP contribution is -2.41. The normalized spacial score (nSPS) is 16.9. The van der Waals surface area contributed by atoms with Crippen molar-refractivity contribution in [3.8, 4) is 5.75 Å². The zero-order valence-corrected chi connectivity index (χ0v) is 14.5. The van der Waals surface area contributed by atoms with Crippen LogP contribution in [0.3, 0.4) is 0 Å². The zero-order chi connectivity index (χ0) is 17.5. The quantitative estimate of drug-likeness (QED) is 0.682. The number of rotatable bonds is 8. The lowest BCUT2D eigenvalue weighted by atomic mass is 10.2. The summed E-state index contributed by atoms with van der Waals surface area (Å²) in [4.78, 5) is 36.9. The van der Waals surface area contributed by atoms with Crippen LogP contribution in [0.4, 0.5) is 4.79 Å². The highest BCUT2D eigenvalue weighted by Crippen LogP contribution is 2.12. The molecule has 2 rings (SSSR count). The van der Waals surface area contributed by atoms with Crippen molar-refractivity contribution in [2.24, 2.45) is 0 Å². The zero-order valence-electron chi connectivity index (χ0n) is 13.7. The van der Waals surface area contributed by atoms with Crippen molar-refractivity contribution < 1.29 is 19.1 Å². The van der Waals surface area contributed by atoms with Crippen LogP contribution in [0.15, 0.2) is 24.3 Å². The summed E-state index contributed by atoms with van der Waals surface area (Å²) in [6, 6.07) is 6.24. The van der Waals surface area contributed by atoms with Gasteiger partial charge in [0.15, 0.2) is 0 Å². The van der Waals surface area contributed by atoms with Gasteiger partial charge in [0, 0.05) is 6.54 Å². The standard InChI is InChI=1S/C16H21N3O4S/c1-23-12-5-3-11(4-6-12)9-17-14(20)10-19-15(21)13(7-8-24-2)18-16(19)22/h3-6,13H,7-10H2,1-2H3,(H,17,20)(H,18,22)/t13-/m1/s1. The van der Waals surface area contributed by atoms with E-state index in [-0.39, 0.29) is 18.4 Å². The highest BCUT2D eigenvalue weighted by molar-refractivity contribution is 7.98. The van der Waals surface area contributed by atoms with E-state index in [4.69, 9.17) is 4.74 Å². The second kappa shape index (κ2) is 8.58. The molecule has 130 valence electrons. The van der Waals surface area contributed by atoms with Crippen molar-refractivity contribution in [1.82, 2.24) is 15.5 Å². The number of carbonyl (C=O) groups is 3. The minimum Gasteiger partial charge on any atom is -0.497 e. The molecule has 0 radical (unpaired) electrons. The Morgan fingerprint density at radius 3 is 2.67 bits per heavy atom. The Balaban J connectivity index is 1.83. The van der Waals surface area contributed by atoms with Crippen molar-refractivity contribution in [2.75, 3.05) is 25.7 Å². The molecule has 0 bridgehead atoms. The van der Waals surface area contributed by atoms with Gasteiger partial charge in [0.1, 0.15) is 18.3 Å². The molecule has 1 atom stereocenters. The van der Waals surface area contributed by atoms with Gasteiger partial charge < -0.3 is 15.4 Å². The molecule has 1 aliphatic heterocycles. The van der Waals surface area contributed by atoms with Crippen LogP contribution < -0.4 is 15.4 Å². The average Bonchev–Trinajstić information content (AvgIpc) is 2.86. The molecular weight excluding hydrogens is 330 g/mol. The van der Waals surface area contributed by atoms with Gasteiger partial charge in [-0.2, -0.15) is 11.8 Å². The highest BCUT2D eigenvalue weighted by atomic mass is 32.2. The number of nitrogens with one attached hydrogen (secondary N) is 2. The average molecular weight is 351 g/mol. The molecule has 0 saturated carbocycles. The third-order valence-electron chi connectivity index (χ3n) is 3.67. The number of hydrogen-bond acceptors (Lipinski definition) is 5. The summed E-state index contributed by atoms with van der Waals surface area (Å²) in [5, 5.41) is 5.32. The fraction of sp³-hybridized carbons (Fsp3) is 0.438. The van der Waals surface area contributed by atoms with Gasteiger partial charge in [0.2, 0.25) is 5.91 Å². The predicted octanol–water partition coefficient (Wildman–Crippen LogP) is 0.985. The van der Waals surface area contributed by atoms with E-state index in [1.807, 2.05) is 18.4 Å². The van der Waals surface area contributed by atoms with E-state index in [2.05, 4.69) is 10.6 Å².